The average molecular weight is 287 g/mol. The molecule has 3 rings (SSSR count). The molecule has 0 aromatic carbocycles. The Labute approximate surface area is 122 Å². The highest BCUT2D eigenvalue weighted by Gasteiger charge is 2.17. The molecule has 7 heteroatoms. The minimum Gasteiger partial charge on any atom is -0.476 e. The van der Waals surface area contributed by atoms with E-state index in [1.807, 2.05) is 12.1 Å². The summed E-state index contributed by atoms with van der Waals surface area (Å²) in [6.45, 7) is 4.33. The zero-order valence-electron chi connectivity index (χ0n) is 11.8. The fraction of sp³-hybridized carbons (Fsp3) is 0.429. The molecule has 7 nitrogen and oxygen atoms in total. The van der Waals surface area contributed by atoms with E-state index in [0.717, 1.165) is 24.8 Å². The largest absolute Gasteiger partial charge is 0.476 e. The zero-order chi connectivity index (χ0) is 14.8. The van der Waals surface area contributed by atoms with Crippen LogP contribution in [0.3, 0.4) is 0 Å². The second-order valence-electron chi connectivity index (χ2n) is 5.40. The van der Waals surface area contributed by atoms with Gasteiger partial charge in [-0.15, -0.1) is 5.10 Å². The summed E-state index contributed by atoms with van der Waals surface area (Å²) in [4.78, 5) is 17.5. The lowest BCUT2D eigenvalue weighted by atomic mass is 9.99. The Kier molecular flexibility index (Phi) is 3.55. The minimum atomic E-state index is -1.09. The first-order chi connectivity index (χ1) is 10.1. The van der Waals surface area contributed by atoms with Gasteiger partial charge >= 0.3 is 5.97 Å². The molecule has 0 atom stereocenters. The fourth-order valence-electron chi connectivity index (χ4n) is 2.43. The summed E-state index contributed by atoms with van der Waals surface area (Å²) in [7, 11) is 0. The molecule has 1 saturated heterocycles. The second-order valence-corrected chi connectivity index (χ2v) is 5.40. The lowest BCUT2D eigenvalue weighted by Gasteiger charge is -2.31. The predicted octanol–water partition coefficient (Wildman–Crippen LogP) is 1.60. The van der Waals surface area contributed by atoms with Gasteiger partial charge in [-0.05, 0) is 30.9 Å². The van der Waals surface area contributed by atoms with Crippen molar-refractivity contribution in [3.8, 4) is 5.69 Å². The SMILES string of the molecule is CC1CCN(c2ccc(-n3cc(C(=O)O)nn3)cn2)CC1. The third-order valence-electron chi connectivity index (χ3n) is 3.82. The van der Waals surface area contributed by atoms with Crippen LogP contribution in [0.5, 0.6) is 0 Å². The van der Waals surface area contributed by atoms with Crippen LogP contribution in [0.15, 0.2) is 24.5 Å². The fourth-order valence-corrected chi connectivity index (χ4v) is 2.43. The summed E-state index contributed by atoms with van der Waals surface area (Å²) < 4.78 is 1.42. The maximum Gasteiger partial charge on any atom is 0.358 e. The first-order valence-electron chi connectivity index (χ1n) is 7.00. The molecule has 0 radical (unpaired) electrons. The van der Waals surface area contributed by atoms with Crippen molar-refractivity contribution >= 4 is 11.8 Å². The summed E-state index contributed by atoms with van der Waals surface area (Å²) >= 11 is 0. The Morgan fingerprint density at radius 3 is 2.67 bits per heavy atom. The van der Waals surface area contributed by atoms with Crippen molar-refractivity contribution in [3.63, 3.8) is 0 Å². The van der Waals surface area contributed by atoms with Crippen molar-refractivity contribution in [2.24, 2.45) is 5.92 Å². The zero-order valence-corrected chi connectivity index (χ0v) is 11.8. The number of nitrogens with zero attached hydrogens (tertiary/aromatic N) is 5. The number of rotatable bonds is 3. The first-order valence-corrected chi connectivity index (χ1v) is 7.00. The van der Waals surface area contributed by atoms with Gasteiger partial charge in [0, 0.05) is 13.1 Å². The van der Waals surface area contributed by atoms with E-state index in [1.54, 1.807) is 6.20 Å². The number of aromatic carboxylic acids is 1. The Bertz CT molecular complexity index is 629. The van der Waals surface area contributed by atoms with Gasteiger partial charge in [-0.2, -0.15) is 0 Å². The Balaban J connectivity index is 1.75. The van der Waals surface area contributed by atoms with Crippen molar-refractivity contribution in [2.45, 2.75) is 19.8 Å². The molecule has 21 heavy (non-hydrogen) atoms. The highest BCUT2D eigenvalue weighted by Crippen LogP contribution is 2.21. The van der Waals surface area contributed by atoms with E-state index in [2.05, 4.69) is 27.1 Å². The van der Waals surface area contributed by atoms with Gasteiger partial charge in [0.25, 0.3) is 0 Å². The van der Waals surface area contributed by atoms with E-state index in [1.165, 1.54) is 23.7 Å². The van der Waals surface area contributed by atoms with Gasteiger partial charge in [-0.1, -0.05) is 12.1 Å². The molecular formula is C14H17N5O2. The molecule has 1 aliphatic rings. The number of carboxylic acid groups (broad SMARTS) is 1. The summed E-state index contributed by atoms with van der Waals surface area (Å²) in [5, 5.41) is 16.2. The maximum absolute atomic E-state index is 10.8. The highest BCUT2D eigenvalue weighted by molar-refractivity contribution is 5.84. The van der Waals surface area contributed by atoms with Gasteiger partial charge in [-0.25, -0.2) is 14.5 Å². The molecule has 1 aliphatic heterocycles. The Morgan fingerprint density at radius 2 is 2.10 bits per heavy atom. The van der Waals surface area contributed by atoms with Crippen molar-refractivity contribution in [1.82, 2.24) is 20.0 Å². The number of anilines is 1. The van der Waals surface area contributed by atoms with Crippen LogP contribution in [0.25, 0.3) is 5.69 Å². The number of hydrogen-bond acceptors (Lipinski definition) is 5. The summed E-state index contributed by atoms with van der Waals surface area (Å²) in [5.41, 5.74) is 0.619. The topological polar surface area (TPSA) is 84.1 Å². The predicted molar refractivity (Wildman–Crippen MR) is 76.7 cm³/mol. The summed E-state index contributed by atoms with van der Waals surface area (Å²) in [6, 6.07) is 3.81. The molecule has 0 aliphatic carbocycles. The van der Waals surface area contributed by atoms with Crippen LogP contribution < -0.4 is 4.90 Å². The third-order valence-corrected chi connectivity index (χ3v) is 3.82. The quantitative estimate of drug-likeness (QED) is 0.923. The Morgan fingerprint density at radius 1 is 1.33 bits per heavy atom. The molecular weight excluding hydrogens is 270 g/mol. The van der Waals surface area contributed by atoms with Gasteiger partial charge < -0.3 is 10.0 Å². The third kappa shape index (κ3) is 2.86. The highest BCUT2D eigenvalue weighted by atomic mass is 16.4. The van der Waals surface area contributed by atoms with Gasteiger partial charge in [0.1, 0.15) is 5.82 Å². The van der Waals surface area contributed by atoms with E-state index >= 15 is 0 Å². The molecule has 2 aromatic heterocycles. The monoisotopic (exact) mass is 287 g/mol. The van der Waals surface area contributed by atoms with Gasteiger partial charge in [0.05, 0.1) is 18.1 Å². The standard InChI is InChI=1S/C14H17N5O2/c1-10-4-6-18(7-5-10)13-3-2-11(8-15-13)19-9-12(14(20)21)16-17-19/h2-3,8-10H,4-7H2,1H3,(H,20,21). The lowest BCUT2D eigenvalue weighted by Crippen LogP contribution is -2.33. The number of hydrogen-bond donors (Lipinski definition) is 1. The summed E-state index contributed by atoms with van der Waals surface area (Å²) in [5.74, 6) is 0.641. The molecule has 3 heterocycles. The van der Waals surface area contributed by atoms with Crippen molar-refractivity contribution in [3.05, 3.63) is 30.2 Å². The molecule has 0 amide bonds. The number of piperidine rings is 1. The van der Waals surface area contributed by atoms with Crippen LogP contribution in [0.2, 0.25) is 0 Å². The Hall–Kier alpha value is -2.44. The smallest absolute Gasteiger partial charge is 0.358 e. The van der Waals surface area contributed by atoms with Crippen LogP contribution >= 0.6 is 0 Å². The maximum atomic E-state index is 10.8. The summed E-state index contributed by atoms with van der Waals surface area (Å²) in [6.07, 6.45) is 5.44. The van der Waals surface area contributed by atoms with Crippen LogP contribution in [0.4, 0.5) is 5.82 Å². The molecule has 2 aromatic rings. The molecule has 110 valence electrons. The number of carbonyl (C=O) groups is 1. The first kappa shape index (κ1) is 13.5. The molecule has 0 spiro atoms. The second kappa shape index (κ2) is 5.51. The molecule has 0 saturated carbocycles. The van der Waals surface area contributed by atoms with E-state index in [4.69, 9.17) is 5.11 Å². The lowest BCUT2D eigenvalue weighted by molar-refractivity contribution is 0.0690. The number of carboxylic acids is 1. The molecule has 0 bridgehead atoms. The van der Waals surface area contributed by atoms with Crippen molar-refractivity contribution in [1.29, 1.82) is 0 Å². The molecule has 0 unspecified atom stereocenters. The van der Waals surface area contributed by atoms with E-state index < -0.39 is 5.97 Å². The molecule has 1 N–H and O–H groups in total. The van der Waals surface area contributed by atoms with Gasteiger partial charge in [0.15, 0.2) is 5.69 Å². The van der Waals surface area contributed by atoms with Crippen molar-refractivity contribution < 1.29 is 9.90 Å². The van der Waals surface area contributed by atoms with Crippen LogP contribution in [-0.4, -0.2) is 44.1 Å². The molecule has 1 fully saturated rings. The van der Waals surface area contributed by atoms with Crippen LogP contribution in [-0.2, 0) is 0 Å². The van der Waals surface area contributed by atoms with E-state index in [0.29, 0.717) is 5.69 Å². The van der Waals surface area contributed by atoms with Crippen LogP contribution in [0, 0.1) is 5.92 Å². The minimum absolute atomic E-state index is 0.0795. The van der Waals surface area contributed by atoms with Crippen LogP contribution in [0.1, 0.15) is 30.3 Å². The van der Waals surface area contributed by atoms with E-state index in [9.17, 15) is 4.79 Å². The van der Waals surface area contributed by atoms with Gasteiger partial charge in [-0.3, -0.25) is 0 Å². The van der Waals surface area contributed by atoms with E-state index in [-0.39, 0.29) is 5.69 Å². The average Bonchev–Trinajstić information content (AvgIpc) is 2.98. The number of aromatic nitrogens is 4. The normalized spacial score (nSPS) is 16.1. The number of pyridine rings is 1. The van der Waals surface area contributed by atoms with Crippen molar-refractivity contribution in [2.75, 3.05) is 18.0 Å². The van der Waals surface area contributed by atoms with Gasteiger partial charge in [0.2, 0.25) is 0 Å².